The first-order chi connectivity index (χ1) is 3.85. The van der Waals surface area contributed by atoms with Crippen LogP contribution in [0.2, 0.25) is 2.82 Å². The van der Waals surface area contributed by atoms with Gasteiger partial charge in [-0.25, -0.2) is 0 Å². The highest BCUT2D eigenvalue weighted by molar-refractivity contribution is 14.1. The van der Waals surface area contributed by atoms with Gasteiger partial charge in [-0.2, -0.15) is 0 Å². The van der Waals surface area contributed by atoms with Gasteiger partial charge >= 0.3 is 0 Å². The number of carbonyl (C=O) groups excluding carboxylic acids is 1. The average molecular weight is 189 g/mol. The fourth-order valence-corrected chi connectivity index (χ4v) is 0. The van der Waals surface area contributed by atoms with E-state index < -0.39 is 10.3 Å². The van der Waals surface area contributed by atoms with E-state index in [1.807, 2.05) is 0 Å². The van der Waals surface area contributed by atoms with E-state index in [4.69, 9.17) is 5.57 Å². The largest absolute Gasteiger partial charge is 0.369 e. The van der Waals surface area contributed by atoms with E-state index in [-0.39, 0.29) is 5.72 Å². The number of primary amides is 1. The van der Waals surface area contributed by atoms with Crippen LogP contribution in [0, 0.1) is 0 Å². The summed E-state index contributed by atoms with van der Waals surface area (Å²) in [5, 5.41) is 0. The summed E-state index contributed by atoms with van der Waals surface area (Å²) in [6.07, 6.45) is 0. The third-order valence-corrected chi connectivity index (χ3v) is 0.542. The summed E-state index contributed by atoms with van der Waals surface area (Å²) in [7, 11) is 0. The van der Waals surface area contributed by atoms with E-state index in [1.165, 1.54) is 22.6 Å². The summed E-state index contributed by atoms with van der Waals surface area (Å²) in [4.78, 5) is 10.3. The van der Waals surface area contributed by atoms with Crippen molar-refractivity contribution in [2.75, 3.05) is 4.38 Å². The molecule has 0 spiro atoms. The third kappa shape index (κ3) is 4.20. The van der Waals surface area contributed by atoms with Gasteiger partial charge in [-0.3, -0.25) is 4.79 Å². The van der Waals surface area contributed by atoms with Gasteiger partial charge in [0.25, 0.3) is 0 Å². The number of rotatable bonds is 1. The van der Waals surface area contributed by atoms with Gasteiger partial charge in [-0.1, -0.05) is 22.6 Å². The summed E-state index contributed by atoms with van der Waals surface area (Å²) < 4.78 is 23.9. The molecule has 0 radical (unpaired) electrons. The average Bonchev–Trinajstić information content (AvgIpc) is 1.62. The molecule has 0 heterocycles. The second-order valence-electron chi connectivity index (χ2n) is 0.400. The Labute approximate surface area is 49.6 Å². The lowest BCUT2D eigenvalue weighted by molar-refractivity contribution is -0.115. The quantitative estimate of drug-likeness (QED) is 0.454. The van der Waals surface area contributed by atoms with E-state index in [9.17, 15) is 4.79 Å². The van der Waals surface area contributed by atoms with Gasteiger partial charge in [-0.15, -0.1) is 0 Å². The topological polar surface area (TPSA) is 43.1 Å². The molecule has 0 saturated carbocycles. The SMILES string of the molecule is [2H]N([2H])C(=O)C([2H])([2H])I. The van der Waals surface area contributed by atoms with Crippen molar-refractivity contribution >= 4 is 28.5 Å². The van der Waals surface area contributed by atoms with Crippen LogP contribution in [0.4, 0.5) is 0 Å². The molecule has 0 aliphatic heterocycles. The van der Waals surface area contributed by atoms with Crippen molar-refractivity contribution in [1.82, 2.24) is 0 Å². The highest BCUT2D eigenvalue weighted by atomic mass is 127. The lowest BCUT2D eigenvalue weighted by atomic mass is 10.8. The van der Waals surface area contributed by atoms with Crippen LogP contribution in [0.15, 0.2) is 0 Å². The molecule has 0 aliphatic carbocycles. The standard InChI is InChI=1S/C2H4INO/c3-1-2(4)5/h1H2,(H2,4,5)/i1D2/hD2. The number of alkyl halides is 1. The molecule has 0 saturated heterocycles. The van der Waals surface area contributed by atoms with Crippen LogP contribution in [0.1, 0.15) is 2.74 Å². The molecule has 1 amide bonds. The van der Waals surface area contributed by atoms with Gasteiger partial charge in [0.05, 0.1) is 4.38 Å². The van der Waals surface area contributed by atoms with Gasteiger partial charge in [0, 0.05) is 2.74 Å². The Kier molecular flexibility index (Phi) is 0.665. The molecule has 0 aliphatic rings. The molecule has 3 heteroatoms. The zero-order valence-electron chi connectivity index (χ0n) is 6.23. The smallest absolute Gasteiger partial charge is 0.227 e. The van der Waals surface area contributed by atoms with Gasteiger partial charge in [-0.05, 0) is 0 Å². The van der Waals surface area contributed by atoms with E-state index in [1.54, 1.807) is 0 Å². The maximum atomic E-state index is 10.3. The second kappa shape index (κ2) is 2.44. The number of hydrogen-bond acceptors (Lipinski definition) is 1. The Morgan fingerprint density at radius 1 is 2.60 bits per heavy atom. The van der Waals surface area contributed by atoms with Gasteiger partial charge in [0.1, 0.15) is 0 Å². The maximum Gasteiger partial charge on any atom is 0.227 e. The highest BCUT2D eigenvalue weighted by Crippen LogP contribution is 1.72. The van der Waals surface area contributed by atoms with E-state index in [0.717, 1.165) is 0 Å². The van der Waals surface area contributed by atoms with Crippen LogP contribution in [0.5, 0.6) is 0 Å². The highest BCUT2D eigenvalue weighted by Gasteiger charge is 1.79. The molecule has 0 aromatic heterocycles. The van der Waals surface area contributed by atoms with Crippen molar-refractivity contribution in [2.24, 2.45) is 5.72 Å². The molecular formula is C2H4INO. The summed E-state index contributed by atoms with van der Waals surface area (Å²) in [5.74, 6) is -1.18. The Hall–Kier alpha value is 0.200. The summed E-state index contributed by atoms with van der Waals surface area (Å²) in [5.41, 5.74) is -0.271. The zero-order chi connectivity index (χ0) is 7.65. The van der Waals surface area contributed by atoms with E-state index in [2.05, 4.69) is 0 Å². The molecule has 0 rings (SSSR count). The van der Waals surface area contributed by atoms with Crippen LogP contribution >= 0.6 is 22.6 Å². The number of amides is 1. The predicted octanol–water partition coefficient (Wildman–Crippen LogP) is -0.0933. The fraction of sp³-hybridized carbons (Fsp3) is 0.500. The van der Waals surface area contributed by atoms with Crippen LogP contribution in [0.25, 0.3) is 0 Å². The molecule has 0 aromatic carbocycles. The maximum absolute atomic E-state index is 10.3. The number of nitrogens with two attached hydrogens (primary N) is 1. The van der Waals surface area contributed by atoms with Crippen molar-refractivity contribution in [2.45, 2.75) is 0 Å². The Morgan fingerprint density at radius 3 is 3.20 bits per heavy atom. The lowest BCUT2D eigenvalue weighted by Crippen LogP contribution is -2.10. The zero-order valence-corrected chi connectivity index (χ0v) is 4.39. The number of hydrogen-bond donors (Lipinski definition) is 1. The Morgan fingerprint density at radius 2 is 3.20 bits per heavy atom. The summed E-state index contributed by atoms with van der Waals surface area (Å²) >= 11 is 1.22. The molecule has 0 aromatic rings. The molecule has 2 nitrogen and oxygen atoms in total. The molecule has 2 N–H and O–H groups in total. The summed E-state index contributed by atoms with van der Waals surface area (Å²) in [6.45, 7) is 0. The van der Waals surface area contributed by atoms with Crippen molar-refractivity contribution in [3.05, 3.63) is 0 Å². The third-order valence-electron chi connectivity index (χ3n) is 0.0808. The molecule has 0 fully saturated rings. The number of carbonyl (C=O) groups is 1. The van der Waals surface area contributed by atoms with Crippen molar-refractivity contribution in [1.29, 1.82) is 0 Å². The molecular weight excluding hydrogens is 181 g/mol. The first-order valence-corrected chi connectivity index (χ1v) is 1.95. The van der Waals surface area contributed by atoms with Crippen LogP contribution < -0.4 is 5.72 Å². The Balaban J connectivity index is 4.06. The van der Waals surface area contributed by atoms with Crippen molar-refractivity contribution in [3.63, 3.8) is 0 Å². The van der Waals surface area contributed by atoms with Gasteiger partial charge in [0.2, 0.25) is 5.91 Å². The predicted molar refractivity (Wildman–Crippen MR) is 28.1 cm³/mol. The Bertz CT molecular complexity index is 120. The first-order valence-electron chi connectivity index (χ1n) is 2.76. The summed E-state index contributed by atoms with van der Waals surface area (Å²) in [6, 6.07) is 0. The van der Waals surface area contributed by atoms with Crippen LogP contribution in [-0.2, 0) is 4.79 Å². The monoisotopic (exact) mass is 189 g/mol. The minimum atomic E-state index is -2.14. The van der Waals surface area contributed by atoms with E-state index in [0.29, 0.717) is 0 Å². The second-order valence-corrected chi connectivity index (χ2v) is 0.939. The minimum absolute atomic E-state index is 0.271. The van der Waals surface area contributed by atoms with Gasteiger partial charge < -0.3 is 5.72 Å². The minimum Gasteiger partial charge on any atom is -0.369 e. The van der Waals surface area contributed by atoms with Crippen molar-refractivity contribution in [3.8, 4) is 0 Å². The molecule has 0 atom stereocenters. The van der Waals surface area contributed by atoms with Crippen LogP contribution in [0.3, 0.4) is 0 Å². The normalized spacial score (nSPS) is 21.0. The molecule has 0 unspecified atom stereocenters. The molecule has 0 bridgehead atoms. The molecule has 5 heavy (non-hydrogen) atoms. The van der Waals surface area contributed by atoms with Crippen LogP contribution in [-0.4, -0.2) is 10.3 Å². The fourth-order valence-electron chi connectivity index (χ4n) is 0. The first kappa shape index (κ1) is 1.36. The number of halogens is 1. The van der Waals surface area contributed by atoms with Crippen molar-refractivity contribution < 1.29 is 10.4 Å². The lowest BCUT2D eigenvalue weighted by Gasteiger charge is -1.71. The van der Waals surface area contributed by atoms with Gasteiger partial charge in [0.15, 0.2) is 2.82 Å². The molecule has 30 valence electrons. The van der Waals surface area contributed by atoms with E-state index >= 15 is 0 Å².